The average Bonchev–Trinajstić information content (AvgIpc) is 2.34. The number of hydrogen-bond donors (Lipinski definition) is 0. The van der Waals surface area contributed by atoms with E-state index in [0.29, 0.717) is 6.20 Å². The van der Waals surface area contributed by atoms with Gasteiger partial charge in [0.1, 0.15) is 5.56 Å². The van der Waals surface area contributed by atoms with Crippen LogP contribution in [-0.4, -0.2) is 36.5 Å². The van der Waals surface area contributed by atoms with Gasteiger partial charge < -0.3 is 14.2 Å². The lowest BCUT2D eigenvalue weighted by Gasteiger charge is -2.11. The van der Waals surface area contributed by atoms with Crippen LogP contribution in [0.4, 0.5) is 18.9 Å². The fourth-order valence-electron chi connectivity index (χ4n) is 1.27. The Labute approximate surface area is 109 Å². The van der Waals surface area contributed by atoms with Crippen LogP contribution in [0.5, 0.6) is 11.6 Å². The molecule has 0 fully saturated rings. The Hall–Kier alpha value is -2.59. The first-order valence-electron chi connectivity index (χ1n) is 4.76. The standard InChI is InChI=1S/C9H7F3N2O6/c1-18-6-4(8(15)19-2)3-13-7(5(6)14(16)17)20-9(10,11)12/h3H,1-2H3. The van der Waals surface area contributed by atoms with Crippen LogP contribution < -0.4 is 9.47 Å². The highest BCUT2D eigenvalue weighted by atomic mass is 19.4. The maximum Gasteiger partial charge on any atom is 0.574 e. The minimum atomic E-state index is -5.18. The number of alkyl halides is 3. The van der Waals surface area contributed by atoms with Crippen molar-refractivity contribution in [3.63, 3.8) is 0 Å². The van der Waals surface area contributed by atoms with Gasteiger partial charge in [0.2, 0.25) is 5.75 Å². The molecule has 0 aliphatic carbocycles. The predicted octanol–water partition coefficient (Wildman–Crippen LogP) is 1.68. The van der Waals surface area contributed by atoms with Crippen LogP contribution in [-0.2, 0) is 4.74 Å². The van der Waals surface area contributed by atoms with Gasteiger partial charge in [0.15, 0.2) is 0 Å². The van der Waals surface area contributed by atoms with Crippen LogP contribution in [0.2, 0.25) is 0 Å². The van der Waals surface area contributed by atoms with Gasteiger partial charge in [-0.3, -0.25) is 10.1 Å². The molecule has 0 aliphatic heterocycles. The van der Waals surface area contributed by atoms with Crippen LogP contribution in [0.3, 0.4) is 0 Å². The summed E-state index contributed by atoms with van der Waals surface area (Å²) in [5, 5.41) is 10.8. The second-order valence-corrected chi connectivity index (χ2v) is 3.16. The maximum atomic E-state index is 12.1. The molecule has 8 nitrogen and oxygen atoms in total. The molecule has 20 heavy (non-hydrogen) atoms. The summed E-state index contributed by atoms with van der Waals surface area (Å²) in [6.45, 7) is 0. The second-order valence-electron chi connectivity index (χ2n) is 3.16. The van der Waals surface area contributed by atoms with Crippen molar-refractivity contribution in [3.8, 4) is 11.6 Å². The lowest BCUT2D eigenvalue weighted by Crippen LogP contribution is -2.19. The normalized spacial score (nSPS) is 10.8. The molecular formula is C9H7F3N2O6. The molecule has 0 bridgehead atoms. The van der Waals surface area contributed by atoms with Crippen LogP contribution in [0.15, 0.2) is 6.20 Å². The number of esters is 1. The molecule has 0 amide bonds. The van der Waals surface area contributed by atoms with Gasteiger partial charge in [-0.05, 0) is 0 Å². The van der Waals surface area contributed by atoms with Crippen LogP contribution in [0, 0.1) is 10.1 Å². The first kappa shape index (κ1) is 15.5. The number of ether oxygens (including phenoxy) is 3. The number of pyridine rings is 1. The Balaban J connectivity index is 3.50. The van der Waals surface area contributed by atoms with Crippen LogP contribution >= 0.6 is 0 Å². The van der Waals surface area contributed by atoms with E-state index in [1.54, 1.807) is 0 Å². The molecule has 1 rings (SSSR count). The molecule has 0 saturated carbocycles. The molecule has 0 radical (unpaired) electrons. The Bertz CT molecular complexity index is 545. The second kappa shape index (κ2) is 5.59. The summed E-state index contributed by atoms with van der Waals surface area (Å²) in [6, 6.07) is 0. The topological polar surface area (TPSA) is 101 Å². The van der Waals surface area contributed by atoms with E-state index in [1.807, 2.05) is 0 Å². The van der Waals surface area contributed by atoms with E-state index in [-0.39, 0.29) is 0 Å². The molecular weight excluding hydrogens is 289 g/mol. The van der Waals surface area contributed by atoms with E-state index in [0.717, 1.165) is 14.2 Å². The van der Waals surface area contributed by atoms with Gasteiger partial charge in [-0.2, -0.15) is 0 Å². The highest BCUT2D eigenvalue weighted by Gasteiger charge is 2.38. The number of aromatic nitrogens is 1. The minimum absolute atomic E-state index is 0.503. The van der Waals surface area contributed by atoms with Crippen molar-refractivity contribution in [1.82, 2.24) is 4.98 Å². The molecule has 0 N–H and O–H groups in total. The monoisotopic (exact) mass is 296 g/mol. The summed E-state index contributed by atoms with van der Waals surface area (Å²) in [6.07, 6.45) is -4.56. The van der Waals surface area contributed by atoms with Gasteiger partial charge in [0.05, 0.1) is 19.1 Å². The Morgan fingerprint density at radius 3 is 2.40 bits per heavy atom. The zero-order chi connectivity index (χ0) is 15.5. The Morgan fingerprint density at radius 2 is 2.00 bits per heavy atom. The molecule has 1 aromatic rings. The van der Waals surface area contributed by atoms with Gasteiger partial charge >= 0.3 is 23.9 Å². The van der Waals surface area contributed by atoms with Crippen molar-refractivity contribution < 1.29 is 37.1 Å². The van der Waals surface area contributed by atoms with Crippen LogP contribution in [0.25, 0.3) is 0 Å². The van der Waals surface area contributed by atoms with E-state index < -0.39 is 40.1 Å². The third-order valence-corrected chi connectivity index (χ3v) is 1.98. The zero-order valence-electron chi connectivity index (χ0n) is 10.1. The van der Waals surface area contributed by atoms with Crippen molar-refractivity contribution in [2.45, 2.75) is 6.36 Å². The lowest BCUT2D eigenvalue weighted by molar-refractivity contribution is -0.390. The van der Waals surface area contributed by atoms with E-state index in [2.05, 4.69) is 19.2 Å². The van der Waals surface area contributed by atoms with E-state index in [1.165, 1.54) is 0 Å². The summed E-state index contributed by atoms with van der Waals surface area (Å²) in [7, 11) is 1.92. The summed E-state index contributed by atoms with van der Waals surface area (Å²) in [5.74, 6) is -3.14. The van der Waals surface area contributed by atoms with E-state index >= 15 is 0 Å². The quantitative estimate of drug-likeness (QED) is 0.473. The predicted molar refractivity (Wildman–Crippen MR) is 55.5 cm³/mol. The molecule has 0 aliphatic rings. The smallest absolute Gasteiger partial charge is 0.489 e. The molecule has 1 heterocycles. The minimum Gasteiger partial charge on any atom is -0.489 e. The summed E-state index contributed by atoms with van der Waals surface area (Å²) in [4.78, 5) is 24.1. The fraction of sp³-hybridized carbons (Fsp3) is 0.333. The lowest BCUT2D eigenvalue weighted by atomic mass is 10.2. The summed E-state index contributed by atoms with van der Waals surface area (Å²) >= 11 is 0. The van der Waals surface area contributed by atoms with Crippen molar-refractivity contribution in [2.75, 3.05) is 14.2 Å². The molecule has 11 heteroatoms. The number of nitro groups is 1. The average molecular weight is 296 g/mol. The van der Waals surface area contributed by atoms with Gasteiger partial charge in [0, 0.05) is 6.20 Å². The molecule has 0 unspecified atom stereocenters. The van der Waals surface area contributed by atoms with Gasteiger partial charge in [-0.15, -0.1) is 13.2 Å². The summed E-state index contributed by atoms with van der Waals surface area (Å²) in [5.41, 5.74) is -1.73. The maximum absolute atomic E-state index is 12.1. The molecule has 110 valence electrons. The summed E-state index contributed by atoms with van der Waals surface area (Å²) < 4.78 is 48.7. The number of halogens is 3. The highest BCUT2D eigenvalue weighted by Crippen LogP contribution is 2.39. The third kappa shape index (κ3) is 3.24. The first-order valence-corrected chi connectivity index (χ1v) is 4.76. The van der Waals surface area contributed by atoms with Gasteiger partial charge in [-0.25, -0.2) is 9.78 Å². The zero-order valence-corrected chi connectivity index (χ0v) is 10.1. The van der Waals surface area contributed by atoms with Crippen molar-refractivity contribution in [3.05, 3.63) is 21.9 Å². The largest absolute Gasteiger partial charge is 0.574 e. The number of methoxy groups -OCH3 is 2. The molecule has 1 aromatic heterocycles. The number of rotatable bonds is 4. The SMILES string of the molecule is COC(=O)c1cnc(OC(F)(F)F)c([N+](=O)[O-])c1OC. The van der Waals surface area contributed by atoms with Gasteiger partial charge in [-0.1, -0.05) is 0 Å². The third-order valence-electron chi connectivity index (χ3n) is 1.98. The van der Waals surface area contributed by atoms with E-state index in [4.69, 9.17) is 0 Å². The fourth-order valence-corrected chi connectivity index (χ4v) is 1.27. The van der Waals surface area contributed by atoms with Crippen LogP contribution in [0.1, 0.15) is 10.4 Å². The Kier molecular flexibility index (Phi) is 4.32. The molecule has 0 spiro atoms. The highest BCUT2D eigenvalue weighted by molar-refractivity contribution is 5.94. The van der Waals surface area contributed by atoms with Crippen molar-refractivity contribution in [1.29, 1.82) is 0 Å². The number of nitrogens with zero attached hydrogens (tertiary/aromatic N) is 2. The first-order chi connectivity index (χ1) is 9.21. The number of carbonyl (C=O) groups is 1. The number of hydrogen-bond acceptors (Lipinski definition) is 7. The van der Waals surface area contributed by atoms with E-state index in [9.17, 15) is 28.1 Å². The molecule has 0 atom stereocenters. The molecule has 0 aromatic carbocycles. The molecule has 0 saturated heterocycles. The van der Waals surface area contributed by atoms with Gasteiger partial charge in [0.25, 0.3) is 0 Å². The van der Waals surface area contributed by atoms with Crippen molar-refractivity contribution in [2.24, 2.45) is 0 Å². The van der Waals surface area contributed by atoms with Crippen molar-refractivity contribution >= 4 is 11.7 Å². The Morgan fingerprint density at radius 1 is 1.40 bits per heavy atom. The number of carbonyl (C=O) groups excluding carboxylic acids is 1.